The highest BCUT2D eigenvalue weighted by molar-refractivity contribution is 6.74. The molecule has 1 aliphatic heterocycles. The first-order valence-corrected chi connectivity index (χ1v) is 14.3. The van der Waals surface area contributed by atoms with Gasteiger partial charge in [-0.15, -0.1) is 0 Å². The van der Waals surface area contributed by atoms with Crippen LogP contribution in [0, 0.1) is 0 Å². The Balaban J connectivity index is 1.96. The maximum Gasteiger partial charge on any atom is 0.192 e. The molecule has 1 aliphatic rings. The van der Waals surface area contributed by atoms with Gasteiger partial charge in [0, 0.05) is 23.3 Å². The van der Waals surface area contributed by atoms with Crippen LogP contribution in [0.4, 0.5) is 5.69 Å². The van der Waals surface area contributed by atoms with Gasteiger partial charge in [0.2, 0.25) is 0 Å². The van der Waals surface area contributed by atoms with Gasteiger partial charge in [-0.05, 0) is 72.8 Å². The van der Waals surface area contributed by atoms with Gasteiger partial charge in [0.25, 0.3) is 0 Å². The lowest BCUT2D eigenvalue weighted by atomic mass is 9.94. The van der Waals surface area contributed by atoms with Crippen molar-refractivity contribution >= 4 is 25.6 Å². The molecule has 0 saturated heterocycles. The number of halogens is 1. The monoisotopic (exact) mass is 444 g/mol. The van der Waals surface area contributed by atoms with Crippen molar-refractivity contribution in [3.63, 3.8) is 0 Å². The van der Waals surface area contributed by atoms with Crippen molar-refractivity contribution in [1.29, 1.82) is 0 Å². The Morgan fingerprint density at radius 1 is 1.10 bits per heavy atom. The quantitative estimate of drug-likeness (QED) is 0.493. The normalized spacial score (nSPS) is 16.9. The maximum absolute atomic E-state index is 6.72. The van der Waals surface area contributed by atoms with Crippen LogP contribution in [-0.2, 0) is 10.8 Å². The Hall–Kier alpha value is -1.33. The zero-order valence-corrected chi connectivity index (χ0v) is 21.1. The molecule has 164 valence electrons. The Labute approximate surface area is 188 Å². The molecule has 0 saturated carbocycles. The van der Waals surface area contributed by atoms with Gasteiger partial charge in [-0.1, -0.05) is 56.6 Å². The average molecular weight is 445 g/mol. The minimum Gasteiger partial charge on any atom is -0.414 e. The number of benzene rings is 2. The summed E-state index contributed by atoms with van der Waals surface area (Å²) in [6, 6.07) is 15.2. The van der Waals surface area contributed by atoms with Crippen LogP contribution >= 0.6 is 11.6 Å². The molecule has 2 aromatic carbocycles. The van der Waals surface area contributed by atoms with Crippen LogP contribution in [0.5, 0.6) is 0 Å². The summed E-state index contributed by atoms with van der Waals surface area (Å²) in [6.45, 7) is 15.3. The summed E-state index contributed by atoms with van der Waals surface area (Å²) in [4.78, 5) is 2.53. The molecule has 2 N–H and O–H groups in total. The fraction of sp³-hybridized carbons (Fsp3) is 0.520. The molecule has 3 nitrogen and oxygen atoms in total. The first kappa shape index (κ1) is 23.3. The molecule has 5 heteroatoms. The Bertz CT molecular complexity index is 858. The number of anilines is 1. The second-order valence-electron chi connectivity index (χ2n) is 10.1. The molecule has 0 spiro atoms. The minimum absolute atomic E-state index is 0.0552. The van der Waals surface area contributed by atoms with Crippen molar-refractivity contribution in [3.8, 4) is 0 Å². The lowest BCUT2D eigenvalue weighted by Gasteiger charge is -2.42. The molecule has 0 fully saturated rings. The lowest BCUT2D eigenvalue weighted by molar-refractivity contribution is 0.257. The molecular weight excluding hydrogens is 408 g/mol. The van der Waals surface area contributed by atoms with Crippen molar-refractivity contribution in [2.75, 3.05) is 18.1 Å². The van der Waals surface area contributed by atoms with Gasteiger partial charge in [0.1, 0.15) is 0 Å². The Kier molecular flexibility index (Phi) is 7.03. The zero-order valence-electron chi connectivity index (χ0n) is 19.3. The third kappa shape index (κ3) is 5.10. The molecule has 3 rings (SSSR count). The summed E-state index contributed by atoms with van der Waals surface area (Å²) in [5.41, 5.74) is 11.3. The van der Waals surface area contributed by atoms with E-state index < -0.39 is 8.32 Å². The van der Waals surface area contributed by atoms with Crippen LogP contribution in [0.25, 0.3) is 0 Å². The maximum atomic E-state index is 6.72. The van der Waals surface area contributed by atoms with E-state index in [1.807, 2.05) is 19.1 Å². The van der Waals surface area contributed by atoms with E-state index in [-0.39, 0.29) is 17.1 Å². The van der Waals surface area contributed by atoms with Gasteiger partial charge in [-0.3, -0.25) is 0 Å². The molecule has 0 radical (unpaired) electrons. The molecule has 30 heavy (non-hydrogen) atoms. The summed E-state index contributed by atoms with van der Waals surface area (Å²) in [7, 11) is -1.86. The molecule has 0 amide bonds. The number of hydrogen-bond acceptors (Lipinski definition) is 3. The van der Waals surface area contributed by atoms with E-state index in [4.69, 9.17) is 21.8 Å². The van der Waals surface area contributed by atoms with Crippen molar-refractivity contribution in [2.45, 2.75) is 70.8 Å². The summed E-state index contributed by atoms with van der Waals surface area (Å²) in [5, 5.41) is 0.951. The topological polar surface area (TPSA) is 38.5 Å². The highest BCUT2D eigenvalue weighted by Crippen LogP contribution is 2.40. The summed E-state index contributed by atoms with van der Waals surface area (Å²) >= 11 is 6.19. The SMILES string of the molecule is CC(N)c1ccc2c(c1)CCCN2C(CO[Si](C)(C)C(C)(C)C)c1ccc(Cl)cc1. The minimum atomic E-state index is -1.86. The van der Waals surface area contributed by atoms with E-state index in [0.717, 1.165) is 24.4 Å². The van der Waals surface area contributed by atoms with Gasteiger partial charge < -0.3 is 15.1 Å². The van der Waals surface area contributed by atoms with Gasteiger partial charge in [0.05, 0.1) is 12.6 Å². The molecule has 0 aliphatic carbocycles. The number of nitrogens with zero attached hydrogens (tertiary/aromatic N) is 1. The number of hydrogen-bond donors (Lipinski definition) is 1. The average Bonchev–Trinajstić information content (AvgIpc) is 2.68. The van der Waals surface area contributed by atoms with Crippen LogP contribution in [0.3, 0.4) is 0 Å². The smallest absolute Gasteiger partial charge is 0.192 e. The third-order valence-electron chi connectivity index (χ3n) is 6.82. The standard InChI is InChI=1S/C25H37ClN2OSi/c1-18(27)20-11-14-23-21(16-20)8-7-15-28(23)24(19-9-12-22(26)13-10-19)17-29-30(5,6)25(2,3)4/h9-14,16,18,24H,7-8,15,17,27H2,1-6H3. The predicted molar refractivity (Wildman–Crippen MR) is 132 cm³/mol. The van der Waals surface area contributed by atoms with Gasteiger partial charge >= 0.3 is 0 Å². The molecule has 2 aromatic rings. The number of fused-ring (bicyclic) bond motifs is 1. The summed E-state index contributed by atoms with van der Waals surface area (Å²) in [6.07, 6.45) is 2.24. The lowest BCUT2D eigenvalue weighted by Crippen LogP contribution is -2.44. The van der Waals surface area contributed by atoms with Crippen LogP contribution in [0.2, 0.25) is 23.2 Å². The molecule has 2 unspecified atom stereocenters. The number of rotatable bonds is 6. The predicted octanol–water partition coefficient (Wildman–Crippen LogP) is 6.88. The van der Waals surface area contributed by atoms with Gasteiger partial charge in [-0.2, -0.15) is 0 Å². The van der Waals surface area contributed by atoms with E-state index in [1.165, 1.54) is 22.4 Å². The molecule has 2 atom stereocenters. The zero-order chi connectivity index (χ0) is 22.1. The van der Waals surface area contributed by atoms with E-state index in [1.54, 1.807) is 0 Å². The van der Waals surface area contributed by atoms with E-state index in [9.17, 15) is 0 Å². The summed E-state index contributed by atoms with van der Waals surface area (Å²) in [5.74, 6) is 0. The second-order valence-corrected chi connectivity index (χ2v) is 15.4. The molecule has 0 bridgehead atoms. The fourth-order valence-corrected chi connectivity index (χ4v) is 4.94. The van der Waals surface area contributed by atoms with E-state index in [2.05, 4.69) is 69.1 Å². The molecule has 0 aromatic heterocycles. The molecular formula is C25H37ClN2OSi. The van der Waals surface area contributed by atoms with E-state index >= 15 is 0 Å². The third-order valence-corrected chi connectivity index (χ3v) is 11.6. The van der Waals surface area contributed by atoms with Crippen molar-refractivity contribution in [3.05, 3.63) is 64.2 Å². The highest BCUT2D eigenvalue weighted by Gasteiger charge is 2.38. The highest BCUT2D eigenvalue weighted by atomic mass is 35.5. The van der Waals surface area contributed by atoms with Gasteiger partial charge in [0.15, 0.2) is 8.32 Å². The summed E-state index contributed by atoms with van der Waals surface area (Å²) < 4.78 is 6.72. The van der Waals surface area contributed by atoms with Crippen LogP contribution in [0.15, 0.2) is 42.5 Å². The fourth-order valence-electron chi connectivity index (χ4n) is 3.81. The van der Waals surface area contributed by atoms with Crippen molar-refractivity contribution < 1.29 is 4.43 Å². The van der Waals surface area contributed by atoms with Crippen LogP contribution in [-0.4, -0.2) is 21.5 Å². The number of nitrogens with two attached hydrogens (primary N) is 1. The first-order chi connectivity index (χ1) is 14.0. The number of aryl methyl sites for hydroxylation is 1. The first-order valence-electron chi connectivity index (χ1n) is 11.0. The van der Waals surface area contributed by atoms with Gasteiger partial charge in [-0.25, -0.2) is 0 Å². The Morgan fingerprint density at radius 3 is 2.33 bits per heavy atom. The van der Waals surface area contributed by atoms with Crippen LogP contribution < -0.4 is 10.6 Å². The largest absolute Gasteiger partial charge is 0.414 e. The van der Waals surface area contributed by atoms with Crippen molar-refractivity contribution in [2.24, 2.45) is 5.73 Å². The van der Waals surface area contributed by atoms with E-state index in [0.29, 0.717) is 6.61 Å². The second kappa shape index (κ2) is 9.03. The van der Waals surface area contributed by atoms with Crippen molar-refractivity contribution in [1.82, 2.24) is 0 Å². The Morgan fingerprint density at radius 2 is 1.73 bits per heavy atom. The molecule has 1 heterocycles. The van der Waals surface area contributed by atoms with Crippen LogP contribution in [0.1, 0.15) is 62.9 Å².